The van der Waals surface area contributed by atoms with Crippen LogP contribution in [0.5, 0.6) is 11.5 Å². The fraction of sp³-hybridized carbons (Fsp3) is 0.550. The van der Waals surface area contributed by atoms with Crippen molar-refractivity contribution in [2.45, 2.75) is 65.2 Å². The number of carbonyl (C=O) groups excluding carboxylic acids is 1. The van der Waals surface area contributed by atoms with Gasteiger partial charge in [0, 0.05) is 6.42 Å². The summed E-state index contributed by atoms with van der Waals surface area (Å²) in [7, 11) is 0. The third-order valence-corrected chi connectivity index (χ3v) is 3.76. The molecule has 0 aliphatic heterocycles. The lowest BCUT2D eigenvalue weighted by Crippen LogP contribution is -1.98. The number of benzene rings is 1. The summed E-state index contributed by atoms with van der Waals surface area (Å²) < 4.78 is 5.35. The first-order chi connectivity index (χ1) is 11.2. The van der Waals surface area contributed by atoms with E-state index in [9.17, 15) is 9.90 Å². The maximum atomic E-state index is 11.9. The molecule has 0 saturated heterocycles. The zero-order valence-corrected chi connectivity index (χ0v) is 14.5. The Hall–Kier alpha value is -1.77. The minimum absolute atomic E-state index is 0.143. The smallest absolute Gasteiger partial charge is 0.161 e. The Morgan fingerprint density at radius 2 is 1.96 bits per heavy atom. The van der Waals surface area contributed by atoms with Crippen LogP contribution in [0, 0.1) is 0 Å². The van der Waals surface area contributed by atoms with Gasteiger partial charge in [0.25, 0.3) is 0 Å². The molecule has 128 valence electrons. The van der Waals surface area contributed by atoms with E-state index < -0.39 is 0 Å². The van der Waals surface area contributed by atoms with Gasteiger partial charge in [-0.15, -0.1) is 0 Å². The molecule has 0 radical (unpaired) electrons. The summed E-state index contributed by atoms with van der Waals surface area (Å²) in [6.45, 7) is 4.60. The average Bonchev–Trinajstić information content (AvgIpc) is 2.55. The van der Waals surface area contributed by atoms with Crippen LogP contribution in [0.1, 0.15) is 64.4 Å². The molecule has 0 aliphatic rings. The zero-order valence-electron chi connectivity index (χ0n) is 14.5. The average molecular weight is 318 g/mol. The number of aromatic hydroxyl groups is 1. The van der Waals surface area contributed by atoms with Crippen molar-refractivity contribution < 1.29 is 14.6 Å². The SMILES string of the molecule is CCCCCCCC=CC(=O)CCc1ccc(O)c(OCC)c1. The van der Waals surface area contributed by atoms with Crippen LogP contribution in [0.4, 0.5) is 0 Å². The number of rotatable bonds is 12. The van der Waals surface area contributed by atoms with E-state index in [1.807, 2.05) is 25.1 Å². The summed E-state index contributed by atoms with van der Waals surface area (Å²) in [6, 6.07) is 5.27. The summed E-state index contributed by atoms with van der Waals surface area (Å²) >= 11 is 0. The van der Waals surface area contributed by atoms with E-state index in [0.717, 1.165) is 12.0 Å². The van der Waals surface area contributed by atoms with Crippen molar-refractivity contribution in [2.75, 3.05) is 6.61 Å². The highest BCUT2D eigenvalue weighted by Gasteiger charge is 2.05. The molecule has 0 aliphatic carbocycles. The van der Waals surface area contributed by atoms with Crippen LogP contribution < -0.4 is 4.74 Å². The maximum absolute atomic E-state index is 11.9. The molecule has 1 aromatic rings. The number of ether oxygens (including phenoxy) is 1. The van der Waals surface area contributed by atoms with Crippen molar-refractivity contribution in [1.82, 2.24) is 0 Å². The lowest BCUT2D eigenvalue weighted by atomic mass is 10.1. The molecule has 0 spiro atoms. The van der Waals surface area contributed by atoms with Gasteiger partial charge in [0.2, 0.25) is 0 Å². The topological polar surface area (TPSA) is 46.5 Å². The molecular formula is C20H30O3. The summed E-state index contributed by atoms with van der Waals surface area (Å²) in [5.74, 6) is 0.787. The number of ketones is 1. The second-order valence-corrected chi connectivity index (χ2v) is 5.81. The predicted octanol–water partition coefficient (Wildman–Crippen LogP) is 5.21. The van der Waals surface area contributed by atoms with Crippen molar-refractivity contribution in [1.29, 1.82) is 0 Å². The van der Waals surface area contributed by atoms with Gasteiger partial charge in [0.15, 0.2) is 17.3 Å². The van der Waals surface area contributed by atoms with E-state index in [2.05, 4.69) is 6.92 Å². The Labute approximate surface area is 140 Å². The normalized spacial score (nSPS) is 11.0. The van der Waals surface area contributed by atoms with Crippen molar-refractivity contribution in [3.05, 3.63) is 35.9 Å². The standard InChI is InChI=1S/C20H30O3/c1-3-5-6-7-8-9-10-11-18(21)14-12-17-13-15-19(22)20(16-17)23-4-2/h10-11,13,15-16,22H,3-9,12,14H2,1-2H3. The lowest BCUT2D eigenvalue weighted by molar-refractivity contribution is -0.114. The third kappa shape index (κ3) is 8.44. The lowest BCUT2D eigenvalue weighted by Gasteiger charge is -2.07. The second-order valence-electron chi connectivity index (χ2n) is 5.81. The van der Waals surface area contributed by atoms with Crippen LogP contribution in [0.25, 0.3) is 0 Å². The summed E-state index contributed by atoms with van der Waals surface area (Å²) in [5, 5.41) is 9.66. The Kier molecular flexibility index (Phi) is 9.85. The number of phenolic OH excluding ortho intramolecular Hbond substituents is 1. The number of aryl methyl sites for hydroxylation is 1. The van der Waals surface area contributed by atoms with Crippen LogP contribution in [0.3, 0.4) is 0 Å². The molecule has 0 fully saturated rings. The van der Waals surface area contributed by atoms with Gasteiger partial charge < -0.3 is 9.84 Å². The third-order valence-electron chi connectivity index (χ3n) is 3.76. The monoisotopic (exact) mass is 318 g/mol. The molecule has 1 N–H and O–H groups in total. The first-order valence-corrected chi connectivity index (χ1v) is 8.81. The molecule has 0 saturated carbocycles. The van der Waals surface area contributed by atoms with E-state index in [1.54, 1.807) is 12.1 Å². The minimum Gasteiger partial charge on any atom is -0.504 e. The van der Waals surface area contributed by atoms with Crippen LogP contribution in [0.15, 0.2) is 30.4 Å². The molecule has 0 atom stereocenters. The molecule has 23 heavy (non-hydrogen) atoms. The molecule has 0 heterocycles. The molecule has 0 aromatic heterocycles. The van der Waals surface area contributed by atoms with Crippen molar-refractivity contribution in [2.24, 2.45) is 0 Å². The van der Waals surface area contributed by atoms with Gasteiger partial charge in [-0.25, -0.2) is 0 Å². The second kappa shape index (κ2) is 11.8. The van der Waals surface area contributed by atoms with Gasteiger partial charge >= 0.3 is 0 Å². The number of carbonyl (C=O) groups is 1. The highest BCUT2D eigenvalue weighted by molar-refractivity contribution is 5.89. The number of hydrogen-bond donors (Lipinski definition) is 1. The van der Waals surface area contributed by atoms with Crippen LogP contribution >= 0.6 is 0 Å². The van der Waals surface area contributed by atoms with Crippen molar-refractivity contribution in [3.63, 3.8) is 0 Å². The van der Waals surface area contributed by atoms with Gasteiger partial charge in [-0.3, -0.25) is 4.79 Å². The van der Waals surface area contributed by atoms with Gasteiger partial charge in [-0.05, 0) is 50.0 Å². The summed E-state index contributed by atoms with van der Waals surface area (Å²) in [4.78, 5) is 11.9. The predicted molar refractivity (Wildman–Crippen MR) is 95.1 cm³/mol. The fourth-order valence-electron chi connectivity index (χ4n) is 2.42. The molecule has 0 unspecified atom stereocenters. The van der Waals surface area contributed by atoms with Crippen molar-refractivity contribution >= 4 is 5.78 Å². The molecule has 1 aromatic carbocycles. The van der Waals surface area contributed by atoms with E-state index in [-0.39, 0.29) is 11.5 Å². The Balaban J connectivity index is 2.29. The largest absolute Gasteiger partial charge is 0.504 e. The van der Waals surface area contributed by atoms with Crippen molar-refractivity contribution in [3.8, 4) is 11.5 Å². The Morgan fingerprint density at radius 1 is 1.17 bits per heavy atom. The highest BCUT2D eigenvalue weighted by atomic mass is 16.5. The number of phenols is 1. The first-order valence-electron chi connectivity index (χ1n) is 8.81. The number of unbranched alkanes of at least 4 members (excludes halogenated alkanes) is 5. The van der Waals surface area contributed by atoms with Crippen LogP contribution in [-0.4, -0.2) is 17.5 Å². The first kappa shape index (κ1) is 19.3. The van der Waals surface area contributed by atoms with Gasteiger partial charge in [-0.1, -0.05) is 44.7 Å². The molecular weight excluding hydrogens is 288 g/mol. The van der Waals surface area contributed by atoms with Crippen LogP contribution in [0.2, 0.25) is 0 Å². The molecule has 3 heteroatoms. The molecule has 0 bridgehead atoms. The van der Waals surface area contributed by atoms with E-state index >= 15 is 0 Å². The fourth-order valence-corrected chi connectivity index (χ4v) is 2.42. The summed E-state index contributed by atoms with van der Waals surface area (Å²) in [5.41, 5.74) is 1.01. The Bertz CT molecular complexity index is 492. The molecule has 0 amide bonds. The zero-order chi connectivity index (χ0) is 16.9. The highest BCUT2D eigenvalue weighted by Crippen LogP contribution is 2.27. The molecule has 1 rings (SSSR count). The molecule has 3 nitrogen and oxygen atoms in total. The van der Waals surface area contributed by atoms with Crippen LogP contribution in [-0.2, 0) is 11.2 Å². The number of allylic oxidation sites excluding steroid dienone is 2. The Morgan fingerprint density at radius 3 is 2.70 bits per heavy atom. The van der Waals surface area contributed by atoms with Gasteiger partial charge in [0.05, 0.1) is 6.61 Å². The quantitative estimate of drug-likeness (QED) is 0.425. The van der Waals surface area contributed by atoms with E-state index in [0.29, 0.717) is 25.2 Å². The van der Waals surface area contributed by atoms with Gasteiger partial charge in [-0.2, -0.15) is 0 Å². The van der Waals surface area contributed by atoms with Gasteiger partial charge in [0.1, 0.15) is 0 Å². The maximum Gasteiger partial charge on any atom is 0.161 e. The minimum atomic E-state index is 0.143. The number of hydrogen-bond acceptors (Lipinski definition) is 3. The van der Waals surface area contributed by atoms with E-state index in [4.69, 9.17) is 4.74 Å². The van der Waals surface area contributed by atoms with E-state index in [1.165, 1.54) is 32.1 Å². The summed E-state index contributed by atoms with van der Waals surface area (Å²) in [6.07, 6.45) is 12.1.